The number of ether oxygens (including phenoxy) is 1. The standard InChI is InChI=1S/C14H23ClN2O/c1-14(2,3)13(18-5)12(16-4)8-10-6-7-17-9-11(10)15/h6-7,9,12-13,16H,8H2,1-5H3. The molecule has 0 saturated carbocycles. The molecular weight excluding hydrogens is 248 g/mol. The van der Waals surface area contributed by atoms with Crippen molar-refractivity contribution >= 4 is 11.6 Å². The van der Waals surface area contributed by atoms with Crippen LogP contribution < -0.4 is 5.32 Å². The zero-order valence-electron chi connectivity index (χ0n) is 11.8. The molecule has 2 unspecified atom stereocenters. The first kappa shape index (κ1) is 15.4. The summed E-state index contributed by atoms with van der Waals surface area (Å²) in [7, 11) is 3.71. The second-order valence-corrected chi connectivity index (χ2v) is 6.00. The maximum atomic E-state index is 6.16. The Hall–Kier alpha value is -0.640. The van der Waals surface area contributed by atoms with Crippen molar-refractivity contribution in [3.63, 3.8) is 0 Å². The molecule has 102 valence electrons. The number of hydrogen-bond acceptors (Lipinski definition) is 3. The van der Waals surface area contributed by atoms with Crippen molar-refractivity contribution in [2.75, 3.05) is 14.2 Å². The molecule has 0 amide bonds. The molecule has 1 aromatic heterocycles. The summed E-state index contributed by atoms with van der Waals surface area (Å²) in [5.41, 5.74) is 1.17. The molecule has 0 spiro atoms. The molecule has 1 N–H and O–H groups in total. The minimum atomic E-state index is 0.0714. The molecule has 4 heteroatoms. The largest absolute Gasteiger partial charge is 0.379 e. The van der Waals surface area contributed by atoms with Crippen molar-refractivity contribution in [1.82, 2.24) is 10.3 Å². The van der Waals surface area contributed by atoms with Crippen LogP contribution in [0.15, 0.2) is 18.5 Å². The fourth-order valence-electron chi connectivity index (χ4n) is 2.29. The zero-order valence-corrected chi connectivity index (χ0v) is 12.6. The number of methoxy groups -OCH3 is 1. The predicted molar refractivity (Wildman–Crippen MR) is 76.1 cm³/mol. The smallest absolute Gasteiger partial charge is 0.0775 e. The number of hydrogen-bond donors (Lipinski definition) is 1. The van der Waals surface area contributed by atoms with E-state index < -0.39 is 0 Å². The average Bonchev–Trinajstić information content (AvgIpc) is 2.29. The van der Waals surface area contributed by atoms with Crippen molar-refractivity contribution in [3.8, 4) is 0 Å². The summed E-state index contributed by atoms with van der Waals surface area (Å²) in [6.45, 7) is 6.54. The molecule has 1 rings (SSSR count). The van der Waals surface area contributed by atoms with E-state index >= 15 is 0 Å². The van der Waals surface area contributed by atoms with Gasteiger partial charge in [0.1, 0.15) is 0 Å². The SMILES string of the molecule is CNC(Cc1ccncc1Cl)C(OC)C(C)(C)C. The minimum absolute atomic E-state index is 0.0714. The monoisotopic (exact) mass is 270 g/mol. The zero-order chi connectivity index (χ0) is 13.8. The van der Waals surface area contributed by atoms with E-state index in [-0.39, 0.29) is 17.6 Å². The van der Waals surface area contributed by atoms with Crippen LogP contribution in [0.4, 0.5) is 0 Å². The van der Waals surface area contributed by atoms with E-state index in [0.717, 1.165) is 12.0 Å². The summed E-state index contributed by atoms with van der Waals surface area (Å²) in [6.07, 6.45) is 4.40. The van der Waals surface area contributed by atoms with E-state index in [0.29, 0.717) is 5.02 Å². The number of nitrogens with one attached hydrogen (secondary N) is 1. The third-order valence-electron chi connectivity index (χ3n) is 3.14. The molecule has 0 aliphatic rings. The number of rotatable bonds is 5. The molecule has 0 saturated heterocycles. The molecule has 0 aliphatic heterocycles. The first-order chi connectivity index (χ1) is 8.40. The first-order valence-electron chi connectivity index (χ1n) is 6.18. The Bertz CT molecular complexity index is 376. The van der Waals surface area contributed by atoms with Crippen molar-refractivity contribution in [3.05, 3.63) is 29.0 Å². The number of likely N-dealkylation sites (N-methyl/N-ethyl adjacent to an activating group) is 1. The Morgan fingerprint density at radius 1 is 1.44 bits per heavy atom. The van der Waals surface area contributed by atoms with Gasteiger partial charge in [0.05, 0.1) is 11.1 Å². The summed E-state index contributed by atoms with van der Waals surface area (Å²) in [5, 5.41) is 4.04. The lowest BCUT2D eigenvalue weighted by Crippen LogP contribution is -2.47. The van der Waals surface area contributed by atoms with Crippen molar-refractivity contribution in [1.29, 1.82) is 0 Å². The van der Waals surface area contributed by atoms with Crippen molar-refractivity contribution < 1.29 is 4.74 Å². The van der Waals surface area contributed by atoms with Crippen molar-refractivity contribution in [2.24, 2.45) is 5.41 Å². The highest BCUT2D eigenvalue weighted by Crippen LogP contribution is 2.27. The Kier molecular flexibility index (Phi) is 5.57. The predicted octanol–water partition coefficient (Wildman–Crippen LogP) is 2.93. The highest BCUT2D eigenvalue weighted by Gasteiger charge is 2.31. The molecule has 1 aromatic rings. The van der Waals surface area contributed by atoms with Crippen LogP contribution in [0.3, 0.4) is 0 Å². The lowest BCUT2D eigenvalue weighted by Gasteiger charge is -2.36. The Labute approximate surface area is 115 Å². The van der Waals surface area contributed by atoms with Crippen molar-refractivity contribution in [2.45, 2.75) is 39.3 Å². The van der Waals surface area contributed by atoms with Gasteiger partial charge in [0, 0.05) is 25.5 Å². The lowest BCUT2D eigenvalue weighted by atomic mass is 9.82. The molecular formula is C14H23ClN2O. The summed E-state index contributed by atoms with van der Waals surface area (Å²) in [6, 6.07) is 2.18. The topological polar surface area (TPSA) is 34.2 Å². The maximum Gasteiger partial charge on any atom is 0.0775 e. The highest BCUT2D eigenvalue weighted by atomic mass is 35.5. The molecule has 1 heterocycles. The summed E-state index contributed by atoms with van der Waals surface area (Å²) < 4.78 is 5.66. The van der Waals surface area contributed by atoms with Gasteiger partial charge in [0.2, 0.25) is 0 Å². The molecule has 0 aromatic carbocycles. The molecule has 0 radical (unpaired) electrons. The number of nitrogens with zero attached hydrogens (tertiary/aromatic N) is 1. The van der Waals surface area contributed by atoms with E-state index in [1.807, 2.05) is 13.1 Å². The van der Waals surface area contributed by atoms with Gasteiger partial charge in [0.25, 0.3) is 0 Å². The molecule has 3 nitrogen and oxygen atoms in total. The van der Waals surface area contributed by atoms with Gasteiger partial charge in [-0.15, -0.1) is 0 Å². The summed E-state index contributed by atoms with van der Waals surface area (Å²) in [5.74, 6) is 0. The van der Waals surface area contributed by atoms with Gasteiger partial charge < -0.3 is 10.1 Å². The fourth-order valence-corrected chi connectivity index (χ4v) is 2.48. The molecule has 0 aliphatic carbocycles. The second kappa shape index (κ2) is 6.50. The van der Waals surface area contributed by atoms with Crippen LogP contribution in [-0.4, -0.2) is 31.3 Å². The quantitative estimate of drug-likeness (QED) is 0.893. The van der Waals surface area contributed by atoms with E-state index in [1.165, 1.54) is 0 Å². The Morgan fingerprint density at radius 3 is 2.56 bits per heavy atom. The number of aromatic nitrogens is 1. The Morgan fingerprint density at radius 2 is 2.11 bits per heavy atom. The number of pyridine rings is 1. The molecule has 0 fully saturated rings. The maximum absolute atomic E-state index is 6.16. The Balaban J connectivity index is 2.88. The molecule has 0 bridgehead atoms. The van der Waals surface area contributed by atoms with Gasteiger partial charge in [-0.1, -0.05) is 32.4 Å². The third kappa shape index (κ3) is 3.94. The van der Waals surface area contributed by atoms with Crippen LogP contribution >= 0.6 is 11.6 Å². The van der Waals surface area contributed by atoms with Crippen LogP contribution in [0.1, 0.15) is 26.3 Å². The third-order valence-corrected chi connectivity index (χ3v) is 3.48. The van der Waals surface area contributed by atoms with Crippen LogP contribution in [0.5, 0.6) is 0 Å². The highest BCUT2D eigenvalue weighted by molar-refractivity contribution is 6.31. The number of halogens is 1. The normalized spacial score (nSPS) is 15.4. The van der Waals surface area contributed by atoms with E-state index in [2.05, 4.69) is 31.1 Å². The lowest BCUT2D eigenvalue weighted by molar-refractivity contribution is -0.00921. The van der Waals surface area contributed by atoms with Gasteiger partial charge in [-0.05, 0) is 30.5 Å². The second-order valence-electron chi connectivity index (χ2n) is 5.59. The fraction of sp³-hybridized carbons (Fsp3) is 0.643. The van der Waals surface area contributed by atoms with E-state index in [1.54, 1.807) is 19.5 Å². The molecule has 2 atom stereocenters. The van der Waals surface area contributed by atoms with E-state index in [4.69, 9.17) is 16.3 Å². The van der Waals surface area contributed by atoms with Gasteiger partial charge in [-0.3, -0.25) is 4.98 Å². The van der Waals surface area contributed by atoms with Gasteiger partial charge in [0.15, 0.2) is 0 Å². The molecule has 18 heavy (non-hydrogen) atoms. The van der Waals surface area contributed by atoms with Crippen LogP contribution in [-0.2, 0) is 11.2 Å². The van der Waals surface area contributed by atoms with Crippen LogP contribution in [0.25, 0.3) is 0 Å². The van der Waals surface area contributed by atoms with Crippen LogP contribution in [0.2, 0.25) is 5.02 Å². The minimum Gasteiger partial charge on any atom is -0.379 e. The van der Waals surface area contributed by atoms with Gasteiger partial charge in [-0.2, -0.15) is 0 Å². The van der Waals surface area contributed by atoms with Gasteiger partial charge in [-0.25, -0.2) is 0 Å². The van der Waals surface area contributed by atoms with E-state index in [9.17, 15) is 0 Å². The summed E-state index contributed by atoms with van der Waals surface area (Å²) >= 11 is 6.16. The van der Waals surface area contributed by atoms with Gasteiger partial charge >= 0.3 is 0 Å². The first-order valence-corrected chi connectivity index (χ1v) is 6.56. The summed E-state index contributed by atoms with van der Waals surface area (Å²) in [4.78, 5) is 4.01. The van der Waals surface area contributed by atoms with Crippen LogP contribution in [0, 0.1) is 5.41 Å². The average molecular weight is 271 g/mol.